The van der Waals surface area contributed by atoms with Crippen LogP contribution >= 0.6 is 0 Å². The van der Waals surface area contributed by atoms with E-state index in [-0.39, 0.29) is 5.41 Å². The molecule has 0 N–H and O–H groups in total. The molecule has 134 valence electrons. The molecular formula is C23H30O2. The van der Waals surface area contributed by atoms with E-state index >= 15 is 0 Å². The standard InChI is InChI=1S/C23H30O2/c1-3-5-15-24-17-23(18-25-16-6-4-2)21-13-9-7-11-19(21)20-12-8-10-14-22(20)23/h7-14H,3-6,15-18H2,1-2H3. The fourth-order valence-electron chi connectivity index (χ4n) is 3.75. The Morgan fingerprint density at radius 3 is 1.56 bits per heavy atom. The first-order valence-electron chi connectivity index (χ1n) is 9.68. The highest BCUT2D eigenvalue weighted by atomic mass is 16.5. The lowest BCUT2D eigenvalue weighted by molar-refractivity contribution is 0.0346. The second kappa shape index (κ2) is 8.64. The van der Waals surface area contributed by atoms with Gasteiger partial charge in [-0.15, -0.1) is 0 Å². The van der Waals surface area contributed by atoms with E-state index in [1.165, 1.54) is 22.3 Å². The lowest BCUT2D eigenvalue weighted by Gasteiger charge is -2.31. The zero-order valence-corrected chi connectivity index (χ0v) is 15.6. The van der Waals surface area contributed by atoms with Crippen LogP contribution in [0.4, 0.5) is 0 Å². The van der Waals surface area contributed by atoms with Crippen LogP contribution in [-0.2, 0) is 14.9 Å². The molecule has 25 heavy (non-hydrogen) atoms. The molecule has 2 nitrogen and oxygen atoms in total. The Labute approximate surface area is 152 Å². The van der Waals surface area contributed by atoms with Gasteiger partial charge in [-0.3, -0.25) is 0 Å². The maximum absolute atomic E-state index is 6.15. The third-order valence-electron chi connectivity index (χ3n) is 5.16. The summed E-state index contributed by atoms with van der Waals surface area (Å²) in [5.74, 6) is 0. The molecule has 0 bridgehead atoms. The summed E-state index contributed by atoms with van der Waals surface area (Å²) in [7, 11) is 0. The second-order valence-corrected chi connectivity index (χ2v) is 6.99. The maximum Gasteiger partial charge on any atom is 0.0681 e. The van der Waals surface area contributed by atoms with Gasteiger partial charge in [0.05, 0.1) is 18.6 Å². The van der Waals surface area contributed by atoms with Crippen LogP contribution in [-0.4, -0.2) is 26.4 Å². The fourth-order valence-corrected chi connectivity index (χ4v) is 3.75. The van der Waals surface area contributed by atoms with E-state index in [0.29, 0.717) is 13.2 Å². The van der Waals surface area contributed by atoms with Crippen LogP contribution in [0, 0.1) is 0 Å². The van der Waals surface area contributed by atoms with Crippen LogP contribution in [0.15, 0.2) is 48.5 Å². The second-order valence-electron chi connectivity index (χ2n) is 6.99. The van der Waals surface area contributed by atoms with Crippen LogP contribution < -0.4 is 0 Å². The molecule has 0 aliphatic heterocycles. The van der Waals surface area contributed by atoms with Crippen molar-refractivity contribution in [3.8, 4) is 11.1 Å². The highest BCUT2D eigenvalue weighted by Crippen LogP contribution is 2.49. The van der Waals surface area contributed by atoms with Crippen LogP contribution in [0.3, 0.4) is 0 Å². The average Bonchev–Trinajstić information content (AvgIpc) is 2.94. The molecular weight excluding hydrogens is 308 g/mol. The monoisotopic (exact) mass is 338 g/mol. The lowest BCUT2D eigenvalue weighted by atomic mass is 9.79. The zero-order valence-electron chi connectivity index (χ0n) is 15.6. The minimum absolute atomic E-state index is 0.186. The Morgan fingerprint density at radius 1 is 0.680 bits per heavy atom. The molecule has 0 saturated heterocycles. The van der Waals surface area contributed by atoms with Gasteiger partial charge in [-0.25, -0.2) is 0 Å². The van der Waals surface area contributed by atoms with Gasteiger partial charge in [-0.05, 0) is 35.1 Å². The normalized spacial score (nSPS) is 14.3. The Morgan fingerprint density at radius 2 is 1.12 bits per heavy atom. The Balaban J connectivity index is 1.94. The molecule has 3 rings (SSSR count). The number of unbranched alkanes of at least 4 members (excludes halogenated alkanes) is 2. The van der Waals surface area contributed by atoms with Gasteiger partial charge in [0, 0.05) is 13.2 Å². The number of fused-ring (bicyclic) bond motifs is 3. The first-order chi connectivity index (χ1) is 12.3. The number of rotatable bonds is 10. The third-order valence-corrected chi connectivity index (χ3v) is 5.16. The van der Waals surface area contributed by atoms with E-state index in [4.69, 9.17) is 9.47 Å². The molecule has 0 unspecified atom stereocenters. The van der Waals surface area contributed by atoms with Crippen LogP contribution in [0.25, 0.3) is 11.1 Å². The van der Waals surface area contributed by atoms with Crippen molar-refractivity contribution < 1.29 is 9.47 Å². The summed E-state index contributed by atoms with van der Waals surface area (Å²) in [6.07, 6.45) is 4.53. The predicted octanol–water partition coefficient (Wildman–Crippen LogP) is 5.59. The smallest absolute Gasteiger partial charge is 0.0681 e. The van der Waals surface area contributed by atoms with Crippen molar-refractivity contribution in [1.29, 1.82) is 0 Å². The van der Waals surface area contributed by atoms with E-state index in [0.717, 1.165) is 38.9 Å². The highest BCUT2D eigenvalue weighted by Gasteiger charge is 2.43. The molecule has 0 spiro atoms. The van der Waals surface area contributed by atoms with Crippen molar-refractivity contribution in [2.75, 3.05) is 26.4 Å². The molecule has 0 amide bonds. The van der Waals surface area contributed by atoms with Crippen molar-refractivity contribution >= 4 is 0 Å². The first kappa shape index (κ1) is 18.2. The van der Waals surface area contributed by atoms with Crippen LogP contribution in [0.2, 0.25) is 0 Å². The molecule has 2 aromatic carbocycles. The van der Waals surface area contributed by atoms with E-state index in [2.05, 4.69) is 62.4 Å². The summed E-state index contributed by atoms with van der Waals surface area (Å²) < 4.78 is 12.3. The van der Waals surface area contributed by atoms with Crippen molar-refractivity contribution in [3.63, 3.8) is 0 Å². The number of hydrogen-bond donors (Lipinski definition) is 0. The Hall–Kier alpha value is -1.64. The molecule has 0 heterocycles. The van der Waals surface area contributed by atoms with Crippen molar-refractivity contribution in [2.45, 2.75) is 44.9 Å². The molecule has 2 heteroatoms. The average molecular weight is 338 g/mol. The summed E-state index contributed by atoms with van der Waals surface area (Å²) in [4.78, 5) is 0. The minimum Gasteiger partial charge on any atom is -0.380 e. The summed E-state index contributed by atoms with van der Waals surface area (Å²) in [5, 5.41) is 0. The molecule has 2 aromatic rings. The molecule has 0 radical (unpaired) electrons. The fraction of sp³-hybridized carbons (Fsp3) is 0.478. The largest absolute Gasteiger partial charge is 0.380 e. The van der Waals surface area contributed by atoms with E-state index in [9.17, 15) is 0 Å². The highest BCUT2D eigenvalue weighted by molar-refractivity contribution is 5.81. The van der Waals surface area contributed by atoms with E-state index in [1.54, 1.807) is 0 Å². The van der Waals surface area contributed by atoms with Crippen LogP contribution in [0.1, 0.15) is 50.7 Å². The summed E-state index contributed by atoms with van der Waals surface area (Å²) in [5.41, 5.74) is 5.18. The van der Waals surface area contributed by atoms with E-state index in [1.807, 2.05) is 0 Å². The molecule has 0 atom stereocenters. The molecule has 0 saturated carbocycles. The van der Waals surface area contributed by atoms with Gasteiger partial charge >= 0.3 is 0 Å². The third kappa shape index (κ3) is 3.65. The van der Waals surface area contributed by atoms with Gasteiger partial charge in [0.25, 0.3) is 0 Å². The van der Waals surface area contributed by atoms with Gasteiger partial charge < -0.3 is 9.47 Å². The predicted molar refractivity (Wildman–Crippen MR) is 104 cm³/mol. The zero-order chi connectivity index (χ0) is 17.5. The quantitative estimate of drug-likeness (QED) is 0.526. The topological polar surface area (TPSA) is 18.5 Å². The lowest BCUT2D eigenvalue weighted by Crippen LogP contribution is -2.37. The van der Waals surface area contributed by atoms with Gasteiger partial charge in [0.1, 0.15) is 0 Å². The molecule has 0 aromatic heterocycles. The molecule has 1 aliphatic carbocycles. The summed E-state index contributed by atoms with van der Waals surface area (Å²) in [6.45, 7) is 7.41. The maximum atomic E-state index is 6.15. The Bertz CT molecular complexity index is 618. The number of benzene rings is 2. The number of hydrogen-bond acceptors (Lipinski definition) is 2. The number of ether oxygens (including phenoxy) is 2. The van der Waals surface area contributed by atoms with Gasteiger partial charge in [-0.2, -0.15) is 0 Å². The van der Waals surface area contributed by atoms with Gasteiger partial charge in [-0.1, -0.05) is 75.2 Å². The van der Waals surface area contributed by atoms with E-state index < -0.39 is 0 Å². The van der Waals surface area contributed by atoms with Crippen molar-refractivity contribution in [3.05, 3.63) is 59.7 Å². The van der Waals surface area contributed by atoms with Crippen molar-refractivity contribution in [1.82, 2.24) is 0 Å². The SMILES string of the molecule is CCCCOCC1(COCCCC)c2ccccc2-c2ccccc21. The summed E-state index contributed by atoms with van der Waals surface area (Å²) in [6, 6.07) is 17.5. The van der Waals surface area contributed by atoms with Gasteiger partial charge in [0.2, 0.25) is 0 Å². The first-order valence-corrected chi connectivity index (χ1v) is 9.68. The van der Waals surface area contributed by atoms with Crippen LogP contribution in [0.5, 0.6) is 0 Å². The van der Waals surface area contributed by atoms with Crippen molar-refractivity contribution in [2.24, 2.45) is 0 Å². The minimum atomic E-state index is -0.186. The summed E-state index contributed by atoms with van der Waals surface area (Å²) >= 11 is 0. The Kier molecular flexibility index (Phi) is 6.28. The van der Waals surface area contributed by atoms with Gasteiger partial charge in [0.15, 0.2) is 0 Å². The molecule has 0 fully saturated rings. The molecule has 1 aliphatic rings.